The molecule has 2 amide bonds. The maximum Gasteiger partial charge on any atom is 0.342 e. The SMILES string of the molecule is COC(=O)c1c(C)nsc1NC(=O)N1CCC[C@@H]1c1ccc(F)cc1. The lowest BCUT2D eigenvalue weighted by atomic mass is 10.0. The van der Waals surface area contributed by atoms with E-state index in [4.69, 9.17) is 4.74 Å². The van der Waals surface area contributed by atoms with Crippen LogP contribution in [0.2, 0.25) is 0 Å². The van der Waals surface area contributed by atoms with E-state index >= 15 is 0 Å². The van der Waals surface area contributed by atoms with Gasteiger partial charge in [0, 0.05) is 6.54 Å². The van der Waals surface area contributed by atoms with Crippen LogP contribution in [0.3, 0.4) is 0 Å². The Balaban J connectivity index is 1.79. The number of aromatic nitrogens is 1. The zero-order valence-corrected chi connectivity index (χ0v) is 14.7. The van der Waals surface area contributed by atoms with Crippen LogP contribution >= 0.6 is 11.5 Å². The van der Waals surface area contributed by atoms with Crippen molar-refractivity contribution in [2.45, 2.75) is 25.8 Å². The number of nitrogens with one attached hydrogen (secondary N) is 1. The number of nitrogens with zero attached hydrogens (tertiary/aromatic N) is 2. The first-order valence-corrected chi connectivity index (χ1v) is 8.66. The molecule has 6 nitrogen and oxygen atoms in total. The molecule has 1 aromatic carbocycles. The molecule has 1 N–H and O–H groups in total. The van der Waals surface area contributed by atoms with Gasteiger partial charge in [-0.2, -0.15) is 4.37 Å². The molecule has 0 aliphatic carbocycles. The van der Waals surface area contributed by atoms with E-state index in [1.54, 1.807) is 24.0 Å². The van der Waals surface area contributed by atoms with Crippen LogP contribution in [0.5, 0.6) is 0 Å². The number of hydrogen-bond donors (Lipinski definition) is 1. The number of anilines is 1. The van der Waals surface area contributed by atoms with Crippen LogP contribution in [-0.4, -0.2) is 34.9 Å². The van der Waals surface area contributed by atoms with Gasteiger partial charge in [-0.05, 0) is 49.0 Å². The molecule has 1 aliphatic rings. The Morgan fingerprint density at radius 3 is 2.76 bits per heavy atom. The number of likely N-dealkylation sites (tertiary alicyclic amines) is 1. The molecule has 1 aromatic heterocycles. The van der Waals surface area contributed by atoms with E-state index in [0.717, 1.165) is 29.9 Å². The number of esters is 1. The number of aryl methyl sites for hydroxylation is 1. The highest BCUT2D eigenvalue weighted by Gasteiger charge is 2.31. The molecule has 132 valence electrons. The second-order valence-corrected chi connectivity index (χ2v) is 6.57. The number of methoxy groups -OCH3 is 1. The second-order valence-electron chi connectivity index (χ2n) is 5.80. The van der Waals surface area contributed by atoms with Crippen molar-refractivity contribution in [2.24, 2.45) is 0 Å². The van der Waals surface area contributed by atoms with Gasteiger partial charge in [0.25, 0.3) is 0 Å². The number of ether oxygens (including phenoxy) is 1. The topological polar surface area (TPSA) is 71.5 Å². The van der Waals surface area contributed by atoms with Crippen molar-refractivity contribution in [1.29, 1.82) is 0 Å². The average molecular weight is 363 g/mol. The summed E-state index contributed by atoms with van der Waals surface area (Å²) in [6, 6.07) is 5.76. The Hall–Kier alpha value is -2.48. The van der Waals surface area contributed by atoms with Crippen LogP contribution in [0.4, 0.5) is 14.2 Å². The van der Waals surface area contributed by atoms with Crippen LogP contribution in [0, 0.1) is 12.7 Å². The van der Waals surface area contributed by atoms with Gasteiger partial charge in [-0.15, -0.1) is 0 Å². The van der Waals surface area contributed by atoms with E-state index in [2.05, 4.69) is 9.69 Å². The molecule has 2 heterocycles. The Labute approximate surface area is 148 Å². The fourth-order valence-electron chi connectivity index (χ4n) is 3.01. The van der Waals surface area contributed by atoms with Crippen LogP contribution in [0.15, 0.2) is 24.3 Å². The Bertz CT molecular complexity index is 791. The number of carbonyl (C=O) groups excluding carboxylic acids is 2. The lowest BCUT2D eigenvalue weighted by molar-refractivity contribution is 0.0601. The summed E-state index contributed by atoms with van der Waals surface area (Å²) in [6.45, 7) is 2.29. The number of halogens is 1. The molecule has 0 radical (unpaired) electrons. The van der Waals surface area contributed by atoms with Gasteiger partial charge >= 0.3 is 12.0 Å². The lowest BCUT2D eigenvalue weighted by Gasteiger charge is -2.25. The number of benzene rings is 1. The minimum absolute atomic E-state index is 0.115. The normalized spacial score (nSPS) is 16.8. The molecular weight excluding hydrogens is 345 g/mol. The Morgan fingerprint density at radius 2 is 2.08 bits per heavy atom. The summed E-state index contributed by atoms with van der Waals surface area (Å²) in [5, 5.41) is 3.14. The monoisotopic (exact) mass is 363 g/mol. The third kappa shape index (κ3) is 3.48. The summed E-state index contributed by atoms with van der Waals surface area (Å²) in [5.41, 5.74) is 1.68. The van der Waals surface area contributed by atoms with Gasteiger partial charge in [-0.3, -0.25) is 5.32 Å². The first kappa shape index (κ1) is 17.3. The maximum absolute atomic E-state index is 13.1. The van der Waals surface area contributed by atoms with E-state index in [0.29, 0.717) is 17.2 Å². The predicted molar refractivity (Wildman–Crippen MR) is 92.3 cm³/mol. The Kier molecular flexibility index (Phi) is 4.98. The molecule has 8 heteroatoms. The minimum Gasteiger partial charge on any atom is -0.465 e. The van der Waals surface area contributed by atoms with Gasteiger partial charge in [0.2, 0.25) is 0 Å². The molecule has 1 atom stereocenters. The minimum atomic E-state index is -0.530. The molecule has 0 spiro atoms. The zero-order chi connectivity index (χ0) is 18.0. The van der Waals surface area contributed by atoms with Gasteiger partial charge in [-0.1, -0.05) is 12.1 Å². The van der Waals surface area contributed by atoms with Crippen molar-refractivity contribution in [3.63, 3.8) is 0 Å². The molecule has 0 saturated carbocycles. The van der Waals surface area contributed by atoms with Gasteiger partial charge < -0.3 is 9.64 Å². The van der Waals surface area contributed by atoms with E-state index in [-0.39, 0.29) is 23.5 Å². The number of carbonyl (C=O) groups is 2. The molecule has 0 bridgehead atoms. The van der Waals surface area contributed by atoms with Crippen molar-refractivity contribution in [2.75, 3.05) is 19.0 Å². The third-order valence-corrected chi connectivity index (χ3v) is 5.10. The number of urea groups is 1. The smallest absolute Gasteiger partial charge is 0.342 e. The van der Waals surface area contributed by atoms with Crippen molar-refractivity contribution in [3.05, 3.63) is 46.9 Å². The quantitative estimate of drug-likeness (QED) is 0.843. The fraction of sp³-hybridized carbons (Fsp3) is 0.353. The molecule has 0 unspecified atom stereocenters. The van der Waals surface area contributed by atoms with Crippen molar-refractivity contribution >= 4 is 28.5 Å². The van der Waals surface area contributed by atoms with Crippen molar-refractivity contribution < 1.29 is 18.7 Å². The Morgan fingerprint density at radius 1 is 1.36 bits per heavy atom. The first-order chi connectivity index (χ1) is 12.0. The number of hydrogen-bond acceptors (Lipinski definition) is 5. The van der Waals surface area contributed by atoms with Gasteiger partial charge in [0.1, 0.15) is 16.4 Å². The standard InChI is InChI=1S/C17H18FN3O3S/c1-10-14(16(22)24-2)15(25-20-10)19-17(23)21-9-3-4-13(21)11-5-7-12(18)8-6-11/h5-8,13H,3-4,9H2,1-2H3,(H,19,23)/t13-/m1/s1. The molecule has 1 aliphatic heterocycles. The average Bonchev–Trinajstić information content (AvgIpc) is 3.22. The molecule has 1 saturated heterocycles. The van der Waals surface area contributed by atoms with E-state index in [1.165, 1.54) is 19.2 Å². The molecular formula is C17H18FN3O3S. The third-order valence-electron chi connectivity index (χ3n) is 4.24. The maximum atomic E-state index is 13.1. The summed E-state index contributed by atoms with van der Waals surface area (Å²) >= 11 is 1.05. The van der Waals surface area contributed by atoms with E-state index in [1.807, 2.05) is 0 Å². The molecule has 3 rings (SSSR count). The predicted octanol–water partition coefficient (Wildman–Crippen LogP) is 3.75. The van der Waals surface area contributed by atoms with Gasteiger partial charge in [0.05, 0.1) is 18.8 Å². The summed E-state index contributed by atoms with van der Waals surface area (Å²) in [5.74, 6) is -0.835. The number of rotatable bonds is 3. The first-order valence-electron chi connectivity index (χ1n) is 7.89. The highest BCUT2D eigenvalue weighted by molar-refractivity contribution is 7.11. The summed E-state index contributed by atoms with van der Waals surface area (Å²) in [6.07, 6.45) is 1.67. The van der Waals surface area contributed by atoms with Crippen LogP contribution in [0.25, 0.3) is 0 Å². The fourth-order valence-corrected chi connectivity index (χ4v) is 3.78. The van der Waals surface area contributed by atoms with Crippen molar-refractivity contribution in [3.8, 4) is 0 Å². The highest BCUT2D eigenvalue weighted by Crippen LogP contribution is 2.33. The lowest BCUT2D eigenvalue weighted by Crippen LogP contribution is -2.34. The van der Waals surface area contributed by atoms with Gasteiger partial charge in [-0.25, -0.2) is 14.0 Å². The molecule has 2 aromatic rings. The van der Waals surface area contributed by atoms with Crippen LogP contribution in [-0.2, 0) is 4.74 Å². The highest BCUT2D eigenvalue weighted by atomic mass is 32.1. The summed E-state index contributed by atoms with van der Waals surface area (Å²) in [7, 11) is 1.29. The number of amides is 2. The van der Waals surface area contributed by atoms with Crippen LogP contribution in [0.1, 0.15) is 40.5 Å². The summed E-state index contributed by atoms with van der Waals surface area (Å²) in [4.78, 5) is 26.3. The molecule has 25 heavy (non-hydrogen) atoms. The second kappa shape index (κ2) is 7.18. The largest absolute Gasteiger partial charge is 0.465 e. The van der Waals surface area contributed by atoms with Crippen molar-refractivity contribution in [1.82, 2.24) is 9.27 Å². The van der Waals surface area contributed by atoms with Gasteiger partial charge in [0.15, 0.2) is 0 Å². The zero-order valence-electron chi connectivity index (χ0n) is 13.9. The molecule has 1 fully saturated rings. The summed E-state index contributed by atoms with van der Waals surface area (Å²) < 4.78 is 22.0. The van der Waals surface area contributed by atoms with Crippen LogP contribution < -0.4 is 5.32 Å². The van der Waals surface area contributed by atoms with E-state index < -0.39 is 5.97 Å². The van der Waals surface area contributed by atoms with E-state index in [9.17, 15) is 14.0 Å².